The van der Waals surface area contributed by atoms with E-state index in [1.54, 1.807) is 0 Å². The Kier molecular flexibility index (Phi) is 17.4. The van der Waals surface area contributed by atoms with Gasteiger partial charge in [-0.2, -0.15) is 0 Å². The van der Waals surface area contributed by atoms with Crippen LogP contribution in [-0.2, 0) is 25.8 Å². The van der Waals surface area contributed by atoms with Crippen molar-refractivity contribution < 1.29 is 25.8 Å². The first-order chi connectivity index (χ1) is 1.91. The normalized spacial score (nSPS) is 6.20. The molecule has 29 valence electrons. The summed E-state index contributed by atoms with van der Waals surface area (Å²) in [6, 6.07) is 0. The molecule has 0 aromatic rings. The average Bonchev–Trinajstić information content (AvgIpc) is 1.37. The molecule has 0 bridgehead atoms. The third-order valence-electron chi connectivity index (χ3n) is 0.354. The van der Waals surface area contributed by atoms with E-state index in [1.165, 1.54) is 36.2 Å². The van der Waals surface area contributed by atoms with Gasteiger partial charge in [0, 0.05) is 0 Å². The molecule has 0 aromatic heterocycles. The fraction of sp³-hybridized carbons (Fsp3) is 1.00. The van der Waals surface area contributed by atoms with Crippen molar-refractivity contribution in [1.29, 1.82) is 0 Å². The van der Waals surface area contributed by atoms with Crippen LogP contribution >= 0.6 is 17.0 Å². The molecule has 0 saturated heterocycles. The Labute approximate surface area is 59.8 Å². The average molecular weight is 236 g/mol. The van der Waals surface area contributed by atoms with Crippen molar-refractivity contribution in [2.75, 3.05) is 0 Å². The Morgan fingerprint density at radius 1 is 1.60 bits per heavy atom. The van der Waals surface area contributed by atoms with Gasteiger partial charge in [-0.3, -0.25) is 0 Å². The second-order valence-corrected chi connectivity index (χ2v) is 2.87. The van der Waals surface area contributed by atoms with Crippen molar-refractivity contribution in [2.24, 2.45) is 0 Å². The Bertz CT molecular complexity index is 8.85. The van der Waals surface area contributed by atoms with Gasteiger partial charge < -0.3 is 0 Å². The summed E-state index contributed by atoms with van der Waals surface area (Å²) in [6.45, 7) is 2.22. The molecule has 0 spiro atoms. The third kappa shape index (κ3) is 10.8. The summed E-state index contributed by atoms with van der Waals surface area (Å²) >= 11 is 1.21. The minimum absolute atomic E-state index is 0. The summed E-state index contributed by atoms with van der Waals surface area (Å²) in [5.74, 6) is 0. The molecule has 0 aliphatic carbocycles. The van der Waals surface area contributed by atoms with Gasteiger partial charge in [0.2, 0.25) is 0 Å². The summed E-state index contributed by atoms with van der Waals surface area (Å²) in [6.07, 6.45) is 1.40. The molecule has 0 aromatic carbocycles. The maximum atomic E-state index is 2.22. The quantitative estimate of drug-likeness (QED) is 0.610. The first-order valence-electron chi connectivity index (χ1n) is 1.71. The van der Waals surface area contributed by atoms with E-state index in [1.807, 2.05) is 0 Å². The van der Waals surface area contributed by atoms with Crippen LogP contribution < -0.4 is 0 Å². The number of halogens is 1. The standard InChI is InChI=1S/C3H7.BrH.Cd/c1-3-2;;/h1,3H2,2H3;1H;. The van der Waals surface area contributed by atoms with Gasteiger partial charge in [-0.15, -0.1) is 17.0 Å². The summed E-state index contributed by atoms with van der Waals surface area (Å²) in [5.41, 5.74) is 0. The maximum absolute atomic E-state index is 2.22. The van der Waals surface area contributed by atoms with Crippen LogP contribution in [0.3, 0.4) is 0 Å². The van der Waals surface area contributed by atoms with E-state index in [4.69, 9.17) is 0 Å². The van der Waals surface area contributed by atoms with Gasteiger partial charge in [0.1, 0.15) is 0 Å². The van der Waals surface area contributed by atoms with Crippen molar-refractivity contribution in [3.05, 3.63) is 0 Å². The number of hydrogen-bond donors (Lipinski definition) is 0. The minimum atomic E-state index is 0. The second kappa shape index (κ2) is 9.04. The zero-order chi connectivity index (χ0) is 3.41. The fourth-order valence-electron chi connectivity index (χ4n) is 0. The van der Waals surface area contributed by atoms with Gasteiger partial charge in [0.15, 0.2) is 0 Å². The molecule has 0 nitrogen and oxygen atoms in total. The molecule has 0 radical (unpaired) electrons. The monoisotopic (exact) mass is 237 g/mol. The SMILES string of the molecule is Br.CC[CH2][Cd]. The number of rotatable bonds is 1. The summed E-state index contributed by atoms with van der Waals surface area (Å²) in [4.78, 5) is 0. The molecule has 0 unspecified atom stereocenters. The summed E-state index contributed by atoms with van der Waals surface area (Å²) in [5, 5.41) is 0. The molecule has 0 atom stereocenters. The first kappa shape index (κ1) is 9.64. The molecular weight excluding hydrogens is 228 g/mol. The Balaban J connectivity index is 0. The van der Waals surface area contributed by atoms with Crippen LogP contribution in [0.25, 0.3) is 0 Å². The molecule has 0 fully saturated rings. The van der Waals surface area contributed by atoms with E-state index in [2.05, 4.69) is 6.92 Å². The van der Waals surface area contributed by atoms with Crippen molar-refractivity contribution >= 4 is 17.0 Å². The second-order valence-electron chi connectivity index (χ2n) is 0.854. The molecule has 5 heavy (non-hydrogen) atoms. The van der Waals surface area contributed by atoms with Crippen molar-refractivity contribution in [1.82, 2.24) is 0 Å². The molecule has 0 saturated carbocycles. The van der Waals surface area contributed by atoms with Gasteiger partial charge >= 0.3 is 43.1 Å². The topological polar surface area (TPSA) is 0 Å². The molecule has 0 heterocycles. The zero-order valence-electron chi connectivity index (χ0n) is 3.53. The third-order valence-corrected chi connectivity index (χ3v) is 2.37. The van der Waals surface area contributed by atoms with Crippen molar-refractivity contribution in [2.45, 2.75) is 17.3 Å². The molecule has 0 aliphatic rings. The molecule has 0 aliphatic heterocycles. The number of hydrogen-bond acceptors (Lipinski definition) is 0. The van der Waals surface area contributed by atoms with Crippen LogP contribution in [0.5, 0.6) is 0 Å². The van der Waals surface area contributed by atoms with Crippen LogP contribution in [0.1, 0.15) is 13.3 Å². The van der Waals surface area contributed by atoms with E-state index in [-0.39, 0.29) is 17.0 Å². The Hall–Kier alpha value is 1.40. The van der Waals surface area contributed by atoms with Gasteiger partial charge in [0.25, 0.3) is 0 Å². The Morgan fingerprint density at radius 2 is 1.80 bits per heavy atom. The van der Waals surface area contributed by atoms with Crippen LogP contribution in [0.4, 0.5) is 0 Å². The van der Waals surface area contributed by atoms with E-state index in [0.29, 0.717) is 0 Å². The predicted molar refractivity (Wildman–Crippen MR) is 25.4 cm³/mol. The van der Waals surface area contributed by atoms with Crippen LogP contribution in [0.15, 0.2) is 0 Å². The molecular formula is C3H8BrCd. The first-order valence-corrected chi connectivity index (χ1v) is 4.56. The molecule has 0 rings (SSSR count). The van der Waals surface area contributed by atoms with Gasteiger partial charge in [-0.05, 0) is 0 Å². The van der Waals surface area contributed by atoms with Crippen LogP contribution in [0, 0.1) is 0 Å². The predicted octanol–water partition coefficient (Wildman–Crippen LogP) is 1.94. The van der Waals surface area contributed by atoms with E-state index < -0.39 is 0 Å². The summed E-state index contributed by atoms with van der Waals surface area (Å²) in [7, 11) is 0. The Morgan fingerprint density at radius 3 is 1.80 bits per heavy atom. The van der Waals surface area contributed by atoms with E-state index in [9.17, 15) is 0 Å². The van der Waals surface area contributed by atoms with Crippen LogP contribution in [0.2, 0.25) is 3.98 Å². The van der Waals surface area contributed by atoms with Gasteiger partial charge in [-0.1, -0.05) is 0 Å². The molecule has 0 amide bonds. The van der Waals surface area contributed by atoms with E-state index in [0.717, 1.165) is 0 Å². The zero-order valence-corrected chi connectivity index (χ0v) is 9.28. The van der Waals surface area contributed by atoms with Crippen molar-refractivity contribution in [3.63, 3.8) is 0 Å². The van der Waals surface area contributed by atoms with Gasteiger partial charge in [-0.25, -0.2) is 0 Å². The fourth-order valence-corrected chi connectivity index (χ4v) is 0. The van der Waals surface area contributed by atoms with E-state index >= 15 is 0 Å². The van der Waals surface area contributed by atoms with Crippen molar-refractivity contribution in [3.8, 4) is 0 Å². The van der Waals surface area contributed by atoms with Gasteiger partial charge in [0.05, 0.1) is 0 Å². The van der Waals surface area contributed by atoms with Crippen LogP contribution in [-0.4, -0.2) is 0 Å². The molecule has 2 heteroatoms. The summed E-state index contributed by atoms with van der Waals surface area (Å²) < 4.78 is 1.49. The molecule has 0 N–H and O–H groups in total.